The van der Waals surface area contributed by atoms with Crippen molar-refractivity contribution in [2.75, 3.05) is 12.8 Å². The van der Waals surface area contributed by atoms with Gasteiger partial charge in [0, 0.05) is 18.6 Å². The molecule has 0 spiro atoms. The molecule has 0 aliphatic heterocycles. The Kier molecular flexibility index (Phi) is 3.34. The molecule has 0 fully saturated rings. The number of nitrogens with two attached hydrogens (primary N) is 1. The predicted molar refractivity (Wildman–Crippen MR) is 66.6 cm³/mol. The molecule has 88 valence electrons. The largest absolute Gasteiger partial charge is 0.384 e. The number of nitrogen functional groups attached to an aromatic ring is 1. The molecule has 1 amide bonds. The number of amides is 1. The smallest absolute Gasteiger partial charge is 0.255 e. The van der Waals surface area contributed by atoms with Gasteiger partial charge in [0.1, 0.15) is 5.82 Å². The Hall–Kier alpha value is -1.95. The van der Waals surface area contributed by atoms with E-state index in [4.69, 9.17) is 5.73 Å². The molecular weight excluding hydrogens is 236 g/mol. The summed E-state index contributed by atoms with van der Waals surface area (Å²) in [5, 5.41) is 1.92. The molecule has 2 N–H and O–H groups in total. The molecule has 2 aromatic heterocycles. The lowest BCUT2D eigenvalue weighted by atomic mass is 10.2. The standard InChI is InChI=1S/C11H12N4OS/c1-15(5-9-6-17-7-14-9)11(16)8-2-3-10(12)13-4-8/h2-4,6-7H,5H2,1H3,(H2,12,13). The normalized spacial score (nSPS) is 10.2. The Morgan fingerprint density at radius 3 is 2.88 bits per heavy atom. The highest BCUT2D eigenvalue weighted by molar-refractivity contribution is 7.07. The number of hydrogen-bond acceptors (Lipinski definition) is 5. The van der Waals surface area contributed by atoms with Gasteiger partial charge in [-0.3, -0.25) is 4.79 Å². The molecule has 0 aliphatic rings. The SMILES string of the molecule is CN(Cc1cscn1)C(=O)c1ccc(N)nc1. The van der Waals surface area contributed by atoms with E-state index in [1.165, 1.54) is 17.5 Å². The summed E-state index contributed by atoms with van der Waals surface area (Å²) in [6, 6.07) is 3.28. The minimum atomic E-state index is -0.0921. The van der Waals surface area contributed by atoms with Gasteiger partial charge in [0.15, 0.2) is 0 Å². The molecule has 0 aliphatic carbocycles. The second-order valence-electron chi connectivity index (χ2n) is 3.61. The van der Waals surface area contributed by atoms with Gasteiger partial charge < -0.3 is 10.6 Å². The van der Waals surface area contributed by atoms with Crippen LogP contribution in [0.25, 0.3) is 0 Å². The molecule has 0 atom stereocenters. The van der Waals surface area contributed by atoms with Crippen LogP contribution in [0.3, 0.4) is 0 Å². The zero-order valence-electron chi connectivity index (χ0n) is 9.33. The number of thiazole rings is 1. The Bertz CT molecular complexity index is 495. The minimum Gasteiger partial charge on any atom is -0.384 e. The maximum Gasteiger partial charge on any atom is 0.255 e. The van der Waals surface area contributed by atoms with Crippen molar-refractivity contribution in [2.45, 2.75) is 6.54 Å². The summed E-state index contributed by atoms with van der Waals surface area (Å²) in [4.78, 5) is 21.6. The van der Waals surface area contributed by atoms with E-state index in [0.29, 0.717) is 17.9 Å². The highest BCUT2D eigenvalue weighted by atomic mass is 32.1. The van der Waals surface area contributed by atoms with E-state index in [2.05, 4.69) is 9.97 Å². The molecular formula is C11H12N4OS. The van der Waals surface area contributed by atoms with Crippen LogP contribution in [0.5, 0.6) is 0 Å². The summed E-state index contributed by atoms with van der Waals surface area (Å²) in [7, 11) is 1.73. The van der Waals surface area contributed by atoms with Crippen molar-refractivity contribution >= 4 is 23.1 Å². The number of pyridine rings is 1. The van der Waals surface area contributed by atoms with Gasteiger partial charge in [0.05, 0.1) is 23.3 Å². The van der Waals surface area contributed by atoms with E-state index in [0.717, 1.165) is 5.69 Å². The van der Waals surface area contributed by atoms with Crippen molar-refractivity contribution in [1.82, 2.24) is 14.9 Å². The minimum absolute atomic E-state index is 0.0921. The number of nitrogens with zero attached hydrogens (tertiary/aromatic N) is 3. The van der Waals surface area contributed by atoms with Crippen molar-refractivity contribution in [2.24, 2.45) is 0 Å². The fraction of sp³-hybridized carbons (Fsp3) is 0.182. The molecule has 2 rings (SSSR count). The number of carbonyl (C=O) groups excluding carboxylic acids is 1. The van der Waals surface area contributed by atoms with Gasteiger partial charge in [-0.25, -0.2) is 9.97 Å². The van der Waals surface area contributed by atoms with Crippen LogP contribution in [0.2, 0.25) is 0 Å². The van der Waals surface area contributed by atoms with Gasteiger partial charge in [-0.1, -0.05) is 0 Å². The third-order valence-electron chi connectivity index (χ3n) is 2.26. The van der Waals surface area contributed by atoms with Gasteiger partial charge >= 0.3 is 0 Å². The maximum atomic E-state index is 12.0. The number of anilines is 1. The highest BCUT2D eigenvalue weighted by Crippen LogP contribution is 2.09. The first-order valence-electron chi connectivity index (χ1n) is 5.01. The lowest BCUT2D eigenvalue weighted by molar-refractivity contribution is 0.0783. The summed E-state index contributed by atoms with van der Waals surface area (Å²) in [6.45, 7) is 0.493. The summed E-state index contributed by atoms with van der Waals surface area (Å²) in [6.07, 6.45) is 1.48. The van der Waals surface area contributed by atoms with Crippen LogP contribution in [0.4, 0.5) is 5.82 Å². The van der Waals surface area contributed by atoms with E-state index in [9.17, 15) is 4.79 Å². The zero-order chi connectivity index (χ0) is 12.3. The molecule has 2 heterocycles. The first-order valence-corrected chi connectivity index (χ1v) is 5.95. The van der Waals surface area contributed by atoms with E-state index in [1.54, 1.807) is 29.6 Å². The monoisotopic (exact) mass is 248 g/mol. The van der Waals surface area contributed by atoms with Crippen LogP contribution < -0.4 is 5.73 Å². The van der Waals surface area contributed by atoms with Crippen molar-refractivity contribution in [3.63, 3.8) is 0 Å². The van der Waals surface area contributed by atoms with Gasteiger partial charge in [-0.2, -0.15) is 0 Å². The third kappa shape index (κ3) is 2.79. The number of aromatic nitrogens is 2. The van der Waals surface area contributed by atoms with Crippen LogP contribution in [-0.4, -0.2) is 27.8 Å². The van der Waals surface area contributed by atoms with Crippen LogP contribution >= 0.6 is 11.3 Å². The van der Waals surface area contributed by atoms with Crippen molar-refractivity contribution in [3.05, 3.63) is 40.5 Å². The van der Waals surface area contributed by atoms with E-state index >= 15 is 0 Å². The molecule has 0 saturated carbocycles. The first-order chi connectivity index (χ1) is 8.16. The Balaban J connectivity index is 2.07. The topological polar surface area (TPSA) is 72.1 Å². The van der Waals surface area contributed by atoms with Gasteiger partial charge in [0.2, 0.25) is 0 Å². The van der Waals surface area contributed by atoms with E-state index < -0.39 is 0 Å². The van der Waals surface area contributed by atoms with Crippen LogP contribution in [0.1, 0.15) is 16.1 Å². The third-order valence-corrected chi connectivity index (χ3v) is 2.90. The zero-order valence-corrected chi connectivity index (χ0v) is 10.1. The van der Waals surface area contributed by atoms with E-state index in [1.807, 2.05) is 5.38 Å². The number of hydrogen-bond donors (Lipinski definition) is 1. The number of rotatable bonds is 3. The Labute approximate surface area is 103 Å². The molecule has 0 aromatic carbocycles. The van der Waals surface area contributed by atoms with Gasteiger partial charge in [-0.05, 0) is 12.1 Å². The van der Waals surface area contributed by atoms with Gasteiger partial charge in [0.25, 0.3) is 5.91 Å². The van der Waals surface area contributed by atoms with Gasteiger partial charge in [-0.15, -0.1) is 11.3 Å². The van der Waals surface area contributed by atoms with Crippen LogP contribution in [0.15, 0.2) is 29.2 Å². The average Bonchev–Trinajstić information content (AvgIpc) is 2.82. The molecule has 17 heavy (non-hydrogen) atoms. The summed E-state index contributed by atoms with van der Waals surface area (Å²) < 4.78 is 0. The molecule has 0 unspecified atom stereocenters. The fourth-order valence-electron chi connectivity index (χ4n) is 1.38. The fourth-order valence-corrected chi connectivity index (χ4v) is 1.93. The first kappa shape index (κ1) is 11.5. The second-order valence-corrected chi connectivity index (χ2v) is 4.33. The van der Waals surface area contributed by atoms with E-state index in [-0.39, 0.29) is 5.91 Å². The van der Waals surface area contributed by atoms with Crippen LogP contribution in [0, 0.1) is 0 Å². The molecule has 6 heteroatoms. The van der Waals surface area contributed by atoms with Crippen LogP contribution in [-0.2, 0) is 6.54 Å². The molecule has 0 saturated heterocycles. The quantitative estimate of drug-likeness (QED) is 0.891. The lowest BCUT2D eigenvalue weighted by Gasteiger charge is -2.15. The molecule has 2 aromatic rings. The molecule has 5 nitrogen and oxygen atoms in total. The summed E-state index contributed by atoms with van der Waals surface area (Å²) in [5.74, 6) is 0.314. The second kappa shape index (κ2) is 4.92. The lowest BCUT2D eigenvalue weighted by Crippen LogP contribution is -2.26. The maximum absolute atomic E-state index is 12.0. The van der Waals surface area contributed by atoms with Crippen molar-refractivity contribution in [1.29, 1.82) is 0 Å². The Morgan fingerprint density at radius 1 is 1.47 bits per heavy atom. The average molecular weight is 248 g/mol. The summed E-state index contributed by atoms with van der Waals surface area (Å²) in [5.41, 5.74) is 8.62. The Morgan fingerprint density at radius 2 is 2.29 bits per heavy atom. The molecule has 0 bridgehead atoms. The molecule has 0 radical (unpaired) electrons. The number of carbonyl (C=O) groups is 1. The predicted octanol–water partition coefficient (Wildman–Crippen LogP) is 1.39. The van der Waals surface area contributed by atoms with Crippen molar-refractivity contribution < 1.29 is 4.79 Å². The van der Waals surface area contributed by atoms with Crippen molar-refractivity contribution in [3.8, 4) is 0 Å². The highest BCUT2D eigenvalue weighted by Gasteiger charge is 2.12. The summed E-state index contributed by atoms with van der Waals surface area (Å²) >= 11 is 1.51.